The highest BCUT2D eigenvalue weighted by molar-refractivity contribution is 6.39. The molecule has 0 unspecified atom stereocenters. The number of rotatable bonds is 4. The zero-order valence-electron chi connectivity index (χ0n) is 16.7. The lowest BCUT2D eigenvalue weighted by molar-refractivity contribution is -0.136. The average molecular weight is 397 g/mol. The number of piperidine rings is 2. The summed E-state index contributed by atoms with van der Waals surface area (Å²) in [6, 6.07) is 7.49. The molecule has 1 aromatic carbocycles. The minimum atomic E-state index is -0.650. The van der Waals surface area contributed by atoms with Crippen LogP contribution in [-0.4, -0.2) is 52.6 Å². The molecule has 1 aromatic heterocycles. The quantitative estimate of drug-likeness (QED) is 0.768. The Morgan fingerprint density at radius 3 is 2.62 bits per heavy atom. The Labute approximate surface area is 170 Å². The fourth-order valence-corrected chi connectivity index (χ4v) is 4.42. The molecule has 0 spiro atoms. The van der Waals surface area contributed by atoms with E-state index in [0.717, 1.165) is 31.5 Å². The van der Waals surface area contributed by atoms with Gasteiger partial charge < -0.3 is 20.0 Å². The second kappa shape index (κ2) is 8.73. The van der Waals surface area contributed by atoms with E-state index in [1.54, 1.807) is 31.2 Å². The molecule has 154 valence electrons. The number of aryl methyl sites for hydroxylation is 1. The summed E-state index contributed by atoms with van der Waals surface area (Å²) in [4.78, 5) is 27.1. The van der Waals surface area contributed by atoms with Gasteiger partial charge in [-0.1, -0.05) is 6.42 Å². The van der Waals surface area contributed by atoms with Gasteiger partial charge in [-0.2, -0.15) is 0 Å². The molecule has 3 heterocycles. The Kier molecular flexibility index (Phi) is 5.89. The molecule has 0 aliphatic carbocycles. The van der Waals surface area contributed by atoms with E-state index in [-0.39, 0.29) is 0 Å². The molecule has 2 atom stereocenters. The Morgan fingerprint density at radius 2 is 1.86 bits per heavy atom. The van der Waals surface area contributed by atoms with Crippen LogP contribution in [0, 0.1) is 12.8 Å². The van der Waals surface area contributed by atoms with Crippen molar-refractivity contribution in [2.75, 3.05) is 25.0 Å². The molecular formula is C21H27N5O3. The number of nitrogens with one attached hydrogen (secondary N) is 2. The number of carbonyl (C=O) groups excluding carboxylic acids is 2. The smallest absolute Gasteiger partial charge is 0.313 e. The van der Waals surface area contributed by atoms with E-state index in [1.165, 1.54) is 19.3 Å². The minimum Gasteiger partial charge on any atom is -0.421 e. The van der Waals surface area contributed by atoms with E-state index in [4.69, 9.17) is 4.42 Å². The van der Waals surface area contributed by atoms with E-state index in [2.05, 4.69) is 25.7 Å². The average Bonchev–Trinajstić information content (AvgIpc) is 3.18. The van der Waals surface area contributed by atoms with Crippen LogP contribution in [0.5, 0.6) is 0 Å². The van der Waals surface area contributed by atoms with Gasteiger partial charge in [0, 0.05) is 30.8 Å². The van der Waals surface area contributed by atoms with Crippen LogP contribution in [-0.2, 0) is 9.59 Å². The van der Waals surface area contributed by atoms with Gasteiger partial charge in [0.25, 0.3) is 0 Å². The van der Waals surface area contributed by atoms with Gasteiger partial charge >= 0.3 is 11.8 Å². The molecule has 2 aliphatic rings. The van der Waals surface area contributed by atoms with Gasteiger partial charge in [-0.3, -0.25) is 9.59 Å². The lowest BCUT2D eigenvalue weighted by Gasteiger charge is -2.44. The standard InChI is InChI=1S/C21H27N5O3/c1-14-24-25-21(29-14)15-7-9-17(10-8-15)23-20(28)19(27)22-13-16-5-4-12-26-11-3-2-6-18(16)26/h7-10,16,18H,2-6,11-13H2,1H3,(H,22,27)(H,23,28)/t16-,18-/m0/s1. The van der Waals surface area contributed by atoms with E-state index >= 15 is 0 Å². The molecule has 2 amide bonds. The van der Waals surface area contributed by atoms with Crippen LogP contribution in [0.2, 0.25) is 0 Å². The molecule has 2 aliphatic heterocycles. The summed E-state index contributed by atoms with van der Waals surface area (Å²) in [6.45, 7) is 4.61. The zero-order valence-corrected chi connectivity index (χ0v) is 16.7. The van der Waals surface area contributed by atoms with Gasteiger partial charge in [0.15, 0.2) is 0 Å². The third kappa shape index (κ3) is 4.64. The lowest BCUT2D eigenvalue weighted by Crippen LogP contribution is -2.51. The van der Waals surface area contributed by atoms with Crippen LogP contribution in [0.3, 0.4) is 0 Å². The monoisotopic (exact) mass is 397 g/mol. The molecule has 8 nitrogen and oxygen atoms in total. The molecule has 0 saturated carbocycles. The Hall–Kier alpha value is -2.74. The summed E-state index contributed by atoms with van der Waals surface area (Å²) < 4.78 is 5.38. The summed E-state index contributed by atoms with van der Waals surface area (Å²) in [5, 5.41) is 13.2. The number of carbonyl (C=O) groups is 2. The van der Waals surface area contributed by atoms with Gasteiger partial charge in [0.05, 0.1) is 0 Å². The van der Waals surface area contributed by atoms with E-state index in [0.29, 0.717) is 36.0 Å². The number of hydrogen-bond acceptors (Lipinski definition) is 6. The van der Waals surface area contributed by atoms with Crippen molar-refractivity contribution < 1.29 is 14.0 Å². The number of nitrogens with zero attached hydrogens (tertiary/aromatic N) is 3. The number of amides is 2. The van der Waals surface area contributed by atoms with E-state index < -0.39 is 11.8 Å². The second-order valence-electron chi connectivity index (χ2n) is 7.87. The third-order valence-electron chi connectivity index (χ3n) is 5.88. The molecule has 29 heavy (non-hydrogen) atoms. The van der Waals surface area contributed by atoms with Gasteiger partial charge in [0.2, 0.25) is 11.8 Å². The summed E-state index contributed by atoms with van der Waals surface area (Å²) in [5.74, 6) is 0.0981. The van der Waals surface area contributed by atoms with E-state index in [9.17, 15) is 9.59 Å². The van der Waals surface area contributed by atoms with Crippen molar-refractivity contribution in [1.82, 2.24) is 20.4 Å². The van der Waals surface area contributed by atoms with Gasteiger partial charge in [0.1, 0.15) is 0 Å². The Bertz CT molecular complexity index is 861. The van der Waals surface area contributed by atoms with Crippen molar-refractivity contribution in [3.63, 3.8) is 0 Å². The maximum atomic E-state index is 12.3. The number of anilines is 1. The van der Waals surface area contributed by atoms with Crippen molar-refractivity contribution in [2.45, 2.75) is 45.1 Å². The Balaban J connectivity index is 1.28. The number of fused-ring (bicyclic) bond motifs is 1. The predicted octanol–water partition coefficient (Wildman–Crippen LogP) is 2.36. The number of hydrogen-bond donors (Lipinski definition) is 2. The summed E-state index contributed by atoms with van der Waals surface area (Å²) >= 11 is 0. The lowest BCUT2D eigenvalue weighted by atomic mass is 9.83. The van der Waals surface area contributed by atoms with Crippen LogP contribution in [0.4, 0.5) is 5.69 Å². The molecular weight excluding hydrogens is 370 g/mol. The predicted molar refractivity (Wildman–Crippen MR) is 108 cm³/mol. The van der Waals surface area contributed by atoms with Crippen LogP contribution in [0.25, 0.3) is 11.5 Å². The van der Waals surface area contributed by atoms with Crippen LogP contribution < -0.4 is 10.6 Å². The first kappa shape index (κ1) is 19.6. The molecule has 0 bridgehead atoms. The maximum Gasteiger partial charge on any atom is 0.313 e. The maximum absolute atomic E-state index is 12.3. The van der Waals surface area contributed by atoms with Crippen LogP contribution >= 0.6 is 0 Å². The SMILES string of the molecule is Cc1nnc(-c2ccc(NC(=O)C(=O)NC[C@@H]3CCCN4CCCC[C@@H]34)cc2)o1. The fourth-order valence-electron chi connectivity index (χ4n) is 4.42. The zero-order chi connectivity index (χ0) is 20.2. The molecule has 4 rings (SSSR count). The van der Waals surface area contributed by atoms with Crippen molar-refractivity contribution in [3.05, 3.63) is 30.2 Å². The van der Waals surface area contributed by atoms with Crippen molar-refractivity contribution in [3.8, 4) is 11.5 Å². The first-order chi connectivity index (χ1) is 14.1. The van der Waals surface area contributed by atoms with Gasteiger partial charge in [-0.05, 0) is 69.0 Å². The van der Waals surface area contributed by atoms with Gasteiger partial charge in [-0.25, -0.2) is 0 Å². The molecule has 2 fully saturated rings. The fraction of sp³-hybridized carbons (Fsp3) is 0.524. The number of benzene rings is 1. The number of aromatic nitrogens is 2. The molecule has 2 N–H and O–H groups in total. The largest absolute Gasteiger partial charge is 0.421 e. The van der Waals surface area contributed by atoms with E-state index in [1.807, 2.05) is 0 Å². The van der Waals surface area contributed by atoms with Crippen LogP contribution in [0.1, 0.15) is 38.0 Å². The molecule has 0 radical (unpaired) electrons. The summed E-state index contributed by atoms with van der Waals surface area (Å²) in [7, 11) is 0. The first-order valence-corrected chi connectivity index (χ1v) is 10.3. The highest BCUT2D eigenvalue weighted by atomic mass is 16.4. The highest BCUT2D eigenvalue weighted by Gasteiger charge is 2.33. The molecule has 8 heteroatoms. The van der Waals surface area contributed by atoms with Crippen molar-refractivity contribution in [2.24, 2.45) is 5.92 Å². The van der Waals surface area contributed by atoms with Crippen molar-refractivity contribution in [1.29, 1.82) is 0 Å². The molecule has 2 saturated heterocycles. The second-order valence-corrected chi connectivity index (χ2v) is 7.87. The third-order valence-corrected chi connectivity index (χ3v) is 5.88. The normalized spacial score (nSPS) is 22.0. The topological polar surface area (TPSA) is 100 Å². The molecule has 2 aromatic rings. The highest BCUT2D eigenvalue weighted by Crippen LogP contribution is 2.30. The first-order valence-electron chi connectivity index (χ1n) is 10.3. The Morgan fingerprint density at radius 1 is 1.07 bits per heavy atom. The van der Waals surface area contributed by atoms with Crippen molar-refractivity contribution >= 4 is 17.5 Å². The summed E-state index contributed by atoms with van der Waals surface area (Å²) in [6.07, 6.45) is 5.99. The van der Waals surface area contributed by atoms with Gasteiger partial charge in [-0.15, -0.1) is 10.2 Å². The minimum absolute atomic E-state index is 0.419. The van der Waals surface area contributed by atoms with Crippen LogP contribution in [0.15, 0.2) is 28.7 Å². The summed E-state index contributed by atoms with van der Waals surface area (Å²) in [5.41, 5.74) is 1.30.